The Hall–Kier alpha value is -3.33. The van der Waals surface area contributed by atoms with Gasteiger partial charge in [0.15, 0.2) is 23.0 Å². The zero-order chi connectivity index (χ0) is 23.1. The van der Waals surface area contributed by atoms with E-state index in [9.17, 15) is 5.26 Å². The molecule has 0 aliphatic heterocycles. The van der Waals surface area contributed by atoms with Gasteiger partial charge < -0.3 is 18.9 Å². The molecule has 164 valence electrons. The summed E-state index contributed by atoms with van der Waals surface area (Å²) in [6.45, 7) is 0.236. The van der Waals surface area contributed by atoms with Crippen LogP contribution in [0.15, 0.2) is 54.6 Å². The van der Waals surface area contributed by atoms with Crippen molar-refractivity contribution in [3.8, 4) is 29.1 Å². The Morgan fingerprint density at radius 1 is 0.875 bits per heavy atom. The largest absolute Gasteiger partial charge is 0.493 e. The Morgan fingerprint density at radius 2 is 1.59 bits per heavy atom. The highest BCUT2D eigenvalue weighted by Gasteiger charge is 2.14. The van der Waals surface area contributed by atoms with Gasteiger partial charge in [0.2, 0.25) is 0 Å². The minimum absolute atomic E-state index is 0.236. The predicted octanol–water partition coefficient (Wildman–Crippen LogP) is 6.66. The molecule has 0 aliphatic carbocycles. The Balaban J connectivity index is 1.93. The molecule has 0 N–H and O–H groups in total. The average Bonchev–Trinajstić information content (AvgIpc) is 2.82. The number of nitriles is 1. The van der Waals surface area contributed by atoms with Gasteiger partial charge in [-0.15, -0.1) is 0 Å². The van der Waals surface area contributed by atoms with Crippen molar-refractivity contribution in [3.05, 3.63) is 81.3 Å². The number of hydrogen-bond donors (Lipinski definition) is 0. The molecule has 0 radical (unpaired) electrons. The molecule has 0 aromatic heterocycles. The maximum Gasteiger partial charge on any atom is 0.180 e. The molecule has 7 heteroatoms. The van der Waals surface area contributed by atoms with E-state index in [0.717, 1.165) is 5.56 Å². The van der Waals surface area contributed by atoms with Crippen molar-refractivity contribution in [1.82, 2.24) is 0 Å². The number of benzene rings is 3. The first kappa shape index (κ1) is 23.3. The molecule has 0 heterocycles. The lowest BCUT2D eigenvalue weighted by atomic mass is 10.0. The molecule has 0 amide bonds. The highest BCUT2D eigenvalue weighted by molar-refractivity contribution is 6.32. The second kappa shape index (κ2) is 10.8. The lowest BCUT2D eigenvalue weighted by Gasteiger charge is -2.14. The van der Waals surface area contributed by atoms with Crippen LogP contribution in [0, 0.1) is 11.3 Å². The number of allylic oxidation sites excluding steroid dienone is 1. The van der Waals surface area contributed by atoms with Gasteiger partial charge in [0, 0.05) is 10.6 Å². The molecule has 0 spiro atoms. The monoisotopic (exact) mass is 469 g/mol. The molecule has 0 aliphatic rings. The van der Waals surface area contributed by atoms with E-state index in [1.165, 1.54) is 7.11 Å². The van der Waals surface area contributed by atoms with Gasteiger partial charge in [-0.25, -0.2) is 0 Å². The summed E-state index contributed by atoms with van der Waals surface area (Å²) < 4.78 is 22.0. The van der Waals surface area contributed by atoms with E-state index in [0.29, 0.717) is 49.7 Å². The van der Waals surface area contributed by atoms with Crippen molar-refractivity contribution < 1.29 is 18.9 Å². The molecular formula is C25H21Cl2NO4. The second-order valence-electron chi connectivity index (χ2n) is 6.65. The molecule has 0 saturated carbocycles. The third-order valence-electron chi connectivity index (χ3n) is 4.71. The van der Waals surface area contributed by atoms with Gasteiger partial charge in [-0.1, -0.05) is 41.4 Å². The molecule has 0 fully saturated rings. The maximum atomic E-state index is 9.73. The average molecular weight is 470 g/mol. The van der Waals surface area contributed by atoms with E-state index in [1.54, 1.807) is 56.7 Å². The SMILES string of the molecule is COc1ccc(/C(C#N)=C/c2cc(Cl)c(OCc3ccccc3Cl)c(OC)c2)cc1OC. The van der Waals surface area contributed by atoms with E-state index in [2.05, 4.69) is 6.07 Å². The summed E-state index contributed by atoms with van der Waals surface area (Å²) in [5.74, 6) is 1.96. The number of rotatable bonds is 8. The summed E-state index contributed by atoms with van der Waals surface area (Å²) in [5.41, 5.74) is 2.62. The van der Waals surface area contributed by atoms with E-state index in [4.69, 9.17) is 42.1 Å². The minimum Gasteiger partial charge on any atom is -0.493 e. The molecule has 3 aromatic carbocycles. The number of halogens is 2. The molecule has 0 saturated heterocycles. The van der Waals surface area contributed by atoms with E-state index in [1.807, 2.05) is 18.2 Å². The van der Waals surface area contributed by atoms with Crippen LogP contribution in [0.3, 0.4) is 0 Å². The van der Waals surface area contributed by atoms with Gasteiger partial charge >= 0.3 is 0 Å². The van der Waals surface area contributed by atoms with Crippen molar-refractivity contribution in [3.63, 3.8) is 0 Å². The molecule has 3 aromatic rings. The van der Waals surface area contributed by atoms with Gasteiger partial charge in [0.05, 0.1) is 38.0 Å². The summed E-state index contributed by atoms with van der Waals surface area (Å²) in [6, 6.07) is 18.4. The van der Waals surface area contributed by atoms with Crippen LogP contribution in [-0.2, 0) is 6.61 Å². The van der Waals surface area contributed by atoms with Crippen molar-refractivity contribution >= 4 is 34.9 Å². The molecule has 32 heavy (non-hydrogen) atoms. The summed E-state index contributed by atoms with van der Waals surface area (Å²) in [6.07, 6.45) is 1.72. The topological polar surface area (TPSA) is 60.7 Å². The van der Waals surface area contributed by atoms with Gasteiger partial charge in [0.25, 0.3) is 0 Å². The van der Waals surface area contributed by atoms with Crippen LogP contribution in [0.2, 0.25) is 10.0 Å². The van der Waals surface area contributed by atoms with Crippen LogP contribution in [0.1, 0.15) is 16.7 Å². The summed E-state index contributed by atoms with van der Waals surface area (Å²) in [4.78, 5) is 0. The lowest BCUT2D eigenvalue weighted by molar-refractivity contribution is 0.285. The Bertz CT molecular complexity index is 1190. The highest BCUT2D eigenvalue weighted by atomic mass is 35.5. The van der Waals surface area contributed by atoms with Crippen molar-refractivity contribution in [2.24, 2.45) is 0 Å². The quantitative estimate of drug-likeness (QED) is 0.272. The maximum absolute atomic E-state index is 9.73. The van der Waals surface area contributed by atoms with Crippen LogP contribution >= 0.6 is 23.2 Å². The van der Waals surface area contributed by atoms with Crippen LogP contribution in [0.4, 0.5) is 0 Å². The van der Waals surface area contributed by atoms with Gasteiger partial charge in [-0.05, 0) is 53.6 Å². The Labute approximate surface area is 197 Å². The normalized spacial score (nSPS) is 10.9. The number of methoxy groups -OCH3 is 3. The zero-order valence-corrected chi connectivity index (χ0v) is 19.3. The fraction of sp³-hybridized carbons (Fsp3) is 0.160. The Kier molecular flexibility index (Phi) is 7.88. The Morgan fingerprint density at radius 3 is 2.25 bits per heavy atom. The number of ether oxygens (including phenoxy) is 4. The van der Waals surface area contributed by atoms with E-state index in [-0.39, 0.29) is 6.61 Å². The fourth-order valence-corrected chi connectivity index (χ4v) is 3.54. The molecule has 0 atom stereocenters. The van der Waals surface area contributed by atoms with Crippen LogP contribution in [0.25, 0.3) is 11.6 Å². The van der Waals surface area contributed by atoms with Crippen molar-refractivity contribution in [1.29, 1.82) is 5.26 Å². The fourth-order valence-electron chi connectivity index (χ4n) is 3.08. The first-order chi connectivity index (χ1) is 15.5. The standard InChI is InChI=1S/C25H21Cl2NO4/c1-29-22-9-8-17(13-23(22)30-2)19(14-28)10-16-11-21(27)25(24(12-16)31-3)32-15-18-6-4-5-7-20(18)26/h4-13H,15H2,1-3H3/b19-10+. The molecule has 3 rings (SSSR count). The molecular weight excluding hydrogens is 449 g/mol. The molecule has 5 nitrogen and oxygen atoms in total. The van der Waals surface area contributed by atoms with Gasteiger partial charge in [-0.2, -0.15) is 5.26 Å². The first-order valence-corrected chi connectivity index (χ1v) is 10.3. The van der Waals surface area contributed by atoms with E-state index < -0.39 is 0 Å². The predicted molar refractivity (Wildman–Crippen MR) is 127 cm³/mol. The lowest BCUT2D eigenvalue weighted by Crippen LogP contribution is -1.99. The highest BCUT2D eigenvalue weighted by Crippen LogP contribution is 2.38. The van der Waals surface area contributed by atoms with E-state index >= 15 is 0 Å². The second-order valence-corrected chi connectivity index (χ2v) is 7.47. The summed E-state index contributed by atoms with van der Waals surface area (Å²) >= 11 is 12.7. The third-order valence-corrected chi connectivity index (χ3v) is 5.36. The van der Waals surface area contributed by atoms with Crippen molar-refractivity contribution in [2.75, 3.05) is 21.3 Å². The smallest absolute Gasteiger partial charge is 0.180 e. The number of hydrogen-bond acceptors (Lipinski definition) is 5. The zero-order valence-electron chi connectivity index (χ0n) is 17.8. The van der Waals surface area contributed by atoms with Crippen LogP contribution < -0.4 is 18.9 Å². The van der Waals surface area contributed by atoms with Gasteiger partial charge in [-0.3, -0.25) is 0 Å². The van der Waals surface area contributed by atoms with Gasteiger partial charge in [0.1, 0.15) is 6.61 Å². The van der Waals surface area contributed by atoms with Crippen molar-refractivity contribution in [2.45, 2.75) is 6.61 Å². The third kappa shape index (κ3) is 5.28. The van der Waals surface area contributed by atoms with Crippen LogP contribution in [0.5, 0.6) is 23.0 Å². The summed E-state index contributed by atoms with van der Waals surface area (Å²) in [5, 5.41) is 10.7. The minimum atomic E-state index is 0.236. The van der Waals surface area contributed by atoms with Crippen LogP contribution in [-0.4, -0.2) is 21.3 Å². The molecule has 0 unspecified atom stereocenters. The number of nitrogens with zero attached hydrogens (tertiary/aromatic N) is 1. The molecule has 0 bridgehead atoms. The first-order valence-electron chi connectivity index (χ1n) is 9.58. The summed E-state index contributed by atoms with van der Waals surface area (Å²) in [7, 11) is 4.63.